The van der Waals surface area contributed by atoms with Gasteiger partial charge in [-0.25, -0.2) is 0 Å². The van der Waals surface area contributed by atoms with E-state index in [0.717, 1.165) is 51.6 Å². The van der Waals surface area contributed by atoms with Crippen LogP contribution in [-0.2, 0) is 6.54 Å². The minimum absolute atomic E-state index is 0. The van der Waals surface area contributed by atoms with Gasteiger partial charge in [0, 0.05) is 32.7 Å². The van der Waals surface area contributed by atoms with Crippen molar-refractivity contribution in [3.63, 3.8) is 0 Å². The number of hydrogen-bond acceptors (Lipinski definition) is 2. The maximum absolute atomic E-state index is 4.78. The van der Waals surface area contributed by atoms with Crippen molar-refractivity contribution in [1.29, 1.82) is 0 Å². The van der Waals surface area contributed by atoms with E-state index in [2.05, 4.69) is 59.4 Å². The van der Waals surface area contributed by atoms with Crippen LogP contribution in [0, 0.1) is 0 Å². The third-order valence-electron chi connectivity index (χ3n) is 4.00. The van der Waals surface area contributed by atoms with E-state index in [1.54, 1.807) is 0 Å². The number of halogens is 1. The lowest BCUT2D eigenvalue weighted by atomic mass is 10.2. The predicted molar refractivity (Wildman–Crippen MR) is 110 cm³/mol. The normalized spacial score (nSPS) is 14.9. The van der Waals surface area contributed by atoms with Crippen LogP contribution in [0.25, 0.3) is 0 Å². The molecular weight excluding hydrogens is 399 g/mol. The molecule has 0 aliphatic carbocycles. The molecule has 1 fully saturated rings. The lowest BCUT2D eigenvalue weighted by Crippen LogP contribution is -2.39. The van der Waals surface area contributed by atoms with Crippen LogP contribution in [0.1, 0.15) is 31.7 Å². The molecule has 1 aromatic rings. The Morgan fingerprint density at radius 3 is 2.57 bits per heavy atom. The van der Waals surface area contributed by atoms with Crippen molar-refractivity contribution >= 4 is 29.9 Å². The molecule has 1 N–H and O–H groups in total. The summed E-state index contributed by atoms with van der Waals surface area (Å²) in [6.07, 6.45) is 3.69. The van der Waals surface area contributed by atoms with Crippen LogP contribution in [0.15, 0.2) is 35.3 Å². The van der Waals surface area contributed by atoms with Gasteiger partial charge in [0.15, 0.2) is 5.96 Å². The number of nitrogens with one attached hydrogen (secondary N) is 1. The Morgan fingerprint density at radius 2 is 1.91 bits per heavy atom. The van der Waals surface area contributed by atoms with Crippen molar-refractivity contribution in [3.8, 4) is 0 Å². The highest BCUT2D eigenvalue weighted by Gasteiger charge is 2.15. The molecular formula is C18H31IN4. The van der Waals surface area contributed by atoms with Gasteiger partial charge >= 0.3 is 0 Å². The van der Waals surface area contributed by atoms with Crippen LogP contribution in [0.2, 0.25) is 0 Å². The second-order valence-electron chi connectivity index (χ2n) is 6.01. The monoisotopic (exact) mass is 430 g/mol. The van der Waals surface area contributed by atoms with Gasteiger partial charge in [-0.3, -0.25) is 4.99 Å². The minimum Gasteiger partial charge on any atom is -0.357 e. The van der Waals surface area contributed by atoms with E-state index in [1.165, 1.54) is 18.4 Å². The van der Waals surface area contributed by atoms with E-state index in [0.29, 0.717) is 0 Å². The van der Waals surface area contributed by atoms with Crippen molar-refractivity contribution in [2.24, 2.45) is 4.99 Å². The Morgan fingerprint density at radius 1 is 1.22 bits per heavy atom. The first kappa shape index (κ1) is 20.2. The number of aliphatic imine (C=N–C) groups is 1. The molecule has 1 aliphatic heterocycles. The van der Waals surface area contributed by atoms with Gasteiger partial charge < -0.3 is 15.1 Å². The van der Waals surface area contributed by atoms with Gasteiger partial charge in [-0.05, 0) is 45.3 Å². The first-order valence-corrected chi connectivity index (χ1v) is 8.55. The molecule has 0 unspecified atom stereocenters. The molecule has 23 heavy (non-hydrogen) atoms. The molecule has 1 aromatic carbocycles. The average Bonchev–Trinajstić information content (AvgIpc) is 3.05. The molecule has 2 rings (SSSR count). The van der Waals surface area contributed by atoms with E-state index in [4.69, 9.17) is 4.99 Å². The molecule has 0 spiro atoms. The van der Waals surface area contributed by atoms with Crippen molar-refractivity contribution in [2.45, 2.75) is 32.7 Å². The molecule has 0 atom stereocenters. The van der Waals surface area contributed by atoms with E-state index >= 15 is 0 Å². The Balaban J connectivity index is 0.00000264. The summed E-state index contributed by atoms with van der Waals surface area (Å²) in [4.78, 5) is 9.53. The number of guanidine groups is 1. The molecule has 4 nitrogen and oxygen atoms in total. The van der Waals surface area contributed by atoms with Gasteiger partial charge in [0.25, 0.3) is 0 Å². The Hall–Kier alpha value is -0.820. The van der Waals surface area contributed by atoms with Crippen LogP contribution in [-0.4, -0.2) is 55.5 Å². The lowest BCUT2D eigenvalue weighted by Gasteiger charge is -2.21. The first-order valence-electron chi connectivity index (χ1n) is 8.55. The fraction of sp³-hybridized carbons (Fsp3) is 0.611. The maximum Gasteiger partial charge on any atom is 0.193 e. The molecule has 0 aromatic heterocycles. The fourth-order valence-corrected chi connectivity index (χ4v) is 2.85. The third-order valence-corrected chi connectivity index (χ3v) is 4.00. The first-order chi connectivity index (χ1) is 10.8. The van der Waals surface area contributed by atoms with Gasteiger partial charge in [0.05, 0.1) is 0 Å². The van der Waals surface area contributed by atoms with E-state index in [-0.39, 0.29) is 24.0 Å². The highest BCUT2D eigenvalue weighted by Crippen LogP contribution is 2.07. The van der Waals surface area contributed by atoms with Crippen LogP contribution in [0.4, 0.5) is 0 Å². The van der Waals surface area contributed by atoms with E-state index in [1.807, 2.05) is 0 Å². The van der Waals surface area contributed by atoms with Gasteiger partial charge in [-0.1, -0.05) is 30.3 Å². The van der Waals surface area contributed by atoms with Gasteiger partial charge in [-0.2, -0.15) is 0 Å². The Labute approximate surface area is 158 Å². The van der Waals surface area contributed by atoms with Crippen LogP contribution < -0.4 is 5.32 Å². The highest BCUT2D eigenvalue weighted by atomic mass is 127. The van der Waals surface area contributed by atoms with Gasteiger partial charge in [0.2, 0.25) is 0 Å². The van der Waals surface area contributed by atoms with Crippen molar-refractivity contribution in [3.05, 3.63) is 35.9 Å². The Bertz CT molecular complexity index is 444. The second kappa shape index (κ2) is 11.7. The van der Waals surface area contributed by atoms with Gasteiger partial charge in [-0.15, -0.1) is 24.0 Å². The van der Waals surface area contributed by atoms with Crippen molar-refractivity contribution in [2.75, 3.05) is 39.8 Å². The van der Waals surface area contributed by atoms with E-state index < -0.39 is 0 Å². The average molecular weight is 430 g/mol. The number of hydrogen-bond donors (Lipinski definition) is 1. The summed E-state index contributed by atoms with van der Waals surface area (Å²) in [5.74, 6) is 1.10. The molecule has 1 aliphatic rings. The topological polar surface area (TPSA) is 30.9 Å². The quantitative estimate of drug-likeness (QED) is 0.312. The zero-order chi connectivity index (χ0) is 15.6. The van der Waals surface area contributed by atoms with Crippen molar-refractivity contribution < 1.29 is 0 Å². The van der Waals surface area contributed by atoms with Crippen molar-refractivity contribution in [1.82, 2.24) is 15.1 Å². The molecule has 130 valence electrons. The van der Waals surface area contributed by atoms with Crippen LogP contribution in [0.5, 0.6) is 0 Å². The lowest BCUT2D eigenvalue weighted by molar-refractivity contribution is 0.324. The number of nitrogens with zero attached hydrogens (tertiary/aromatic N) is 3. The zero-order valence-corrected chi connectivity index (χ0v) is 16.8. The number of benzene rings is 1. The van der Waals surface area contributed by atoms with Crippen LogP contribution >= 0.6 is 24.0 Å². The highest BCUT2D eigenvalue weighted by molar-refractivity contribution is 14.0. The van der Waals surface area contributed by atoms with Crippen LogP contribution in [0.3, 0.4) is 0 Å². The molecule has 1 saturated heterocycles. The molecule has 0 bridgehead atoms. The second-order valence-corrected chi connectivity index (χ2v) is 6.01. The molecule has 1 heterocycles. The third kappa shape index (κ3) is 7.52. The van der Waals surface area contributed by atoms with E-state index in [9.17, 15) is 0 Å². The standard InChI is InChI=1S/C18H30N4.HI/c1-3-19-18(22-14-7-8-15-22)20-12-9-13-21(2)16-17-10-5-4-6-11-17;/h4-6,10-11H,3,7-9,12-16H2,1-2H3,(H,19,20);1H. The smallest absolute Gasteiger partial charge is 0.193 e. The molecule has 0 amide bonds. The maximum atomic E-state index is 4.78. The summed E-state index contributed by atoms with van der Waals surface area (Å²) in [6.45, 7) is 8.38. The molecule has 0 radical (unpaired) electrons. The largest absolute Gasteiger partial charge is 0.357 e. The summed E-state index contributed by atoms with van der Waals surface area (Å²) in [7, 11) is 2.18. The minimum atomic E-state index is 0. The summed E-state index contributed by atoms with van der Waals surface area (Å²) in [5.41, 5.74) is 1.37. The Kier molecular flexibility index (Phi) is 10.3. The number of likely N-dealkylation sites (tertiary alicyclic amines) is 1. The molecule has 5 heteroatoms. The van der Waals surface area contributed by atoms with Gasteiger partial charge in [0.1, 0.15) is 0 Å². The zero-order valence-electron chi connectivity index (χ0n) is 14.5. The summed E-state index contributed by atoms with van der Waals surface area (Å²) < 4.78 is 0. The summed E-state index contributed by atoms with van der Waals surface area (Å²) >= 11 is 0. The molecule has 0 saturated carbocycles. The summed E-state index contributed by atoms with van der Waals surface area (Å²) in [6, 6.07) is 10.6. The fourth-order valence-electron chi connectivity index (χ4n) is 2.85. The summed E-state index contributed by atoms with van der Waals surface area (Å²) in [5, 5.41) is 3.41. The number of rotatable bonds is 7. The predicted octanol–water partition coefficient (Wildman–Crippen LogP) is 3.19. The SMILES string of the molecule is CCNC(=NCCCN(C)Cc1ccccc1)N1CCCC1.I.